The Hall–Kier alpha value is -1.75. The Balaban J connectivity index is 2.35. The molecule has 0 radical (unpaired) electrons. The van der Waals surface area contributed by atoms with Gasteiger partial charge >= 0.3 is 0 Å². The molecule has 122 valence electrons. The Morgan fingerprint density at radius 1 is 1.14 bits per heavy atom. The van der Waals surface area contributed by atoms with Crippen LogP contribution in [-0.2, 0) is 9.59 Å². The lowest BCUT2D eigenvalue weighted by atomic mass is 10.1. The van der Waals surface area contributed by atoms with Crippen LogP contribution in [0.5, 0.6) is 5.75 Å². The molecule has 0 aromatic heterocycles. The van der Waals surface area contributed by atoms with Crippen molar-refractivity contribution in [2.45, 2.75) is 33.1 Å². The summed E-state index contributed by atoms with van der Waals surface area (Å²) >= 11 is 5.61. The van der Waals surface area contributed by atoms with E-state index in [1.54, 1.807) is 6.92 Å². The van der Waals surface area contributed by atoms with Crippen LogP contribution in [0.2, 0.25) is 0 Å². The molecular formula is C16H23ClN2O3. The number of hydrogen-bond donors (Lipinski definition) is 2. The summed E-state index contributed by atoms with van der Waals surface area (Å²) in [4.78, 5) is 23.0. The van der Waals surface area contributed by atoms with E-state index in [-0.39, 0.29) is 18.4 Å². The van der Waals surface area contributed by atoms with Crippen molar-refractivity contribution in [3.05, 3.63) is 28.8 Å². The molecule has 1 rings (SSSR count). The summed E-state index contributed by atoms with van der Waals surface area (Å²) in [6.07, 6.45) is 0. The zero-order valence-electron chi connectivity index (χ0n) is 13.5. The predicted molar refractivity (Wildman–Crippen MR) is 87.5 cm³/mol. The predicted octanol–water partition coefficient (Wildman–Crippen LogP) is 1.85. The Morgan fingerprint density at radius 3 is 2.36 bits per heavy atom. The van der Waals surface area contributed by atoms with Gasteiger partial charge in [-0.05, 0) is 44.4 Å². The summed E-state index contributed by atoms with van der Waals surface area (Å²) in [6, 6.07) is 4.00. The van der Waals surface area contributed by atoms with E-state index in [1.165, 1.54) is 0 Å². The van der Waals surface area contributed by atoms with E-state index in [9.17, 15) is 9.59 Å². The normalized spacial score (nSPS) is 11.7. The highest BCUT2D eigenvalue weighted by Crippen LogP contribution is 2.25. The first-order valence-corrected chi connectivity index (χ1v) is 7.64. The molecular weight excluding hydrogens is 304 g/mol. The van der Waals surface area contributed by atoms with E-state index >= 15 is 0 Å². The molecule has 0 heterocycles. The van der Waals surface area contributed by atoms with Gasteiger partial charge in [0.25, 0.3) is 5.91 Å². The molecule has 6 heteroatoms. The Labute approximate surface area is 136 Å². The number of rotatable bonds is 7. The molecule has 2 amide bonds. The lowest BCUT2D eigenvalue weighted by molar-refractivity contribution is -0.124. The van der Waals surface area contributed by atoms with Crippen LogP contribution in [0.3, 0.4) is 0 Å². The number of alkyl halides is 1. The summed E-state index contributed by atoms with van der Waals surface area (Å²) < 4.78 is 5.61. The summed E-state index contributed by atoms with van der Waals surface area (Å²) in [5.41, 5.74) is 3.16. The Morgan fingerprint density at radius 2 is 1.73 bits per heavy atom. The van der Waals surface area contributed by atoms with Gasteiger partial charge in [-0.2, -0.15) is 0 Å². The molecule has 0 spiro atoms. The summed E-state index contributed by atoms with van der Waals surface area (Å²) in [5.74, 6) is 0.270. The van der Waals surface area contributed by atoms with Crippen LogP contribution < -0.4 is 15.4 Å². The molecule has 0 aliphatic rings. The molecule has 0 fully saturated rings. The maximum Gasteiger partial charge on any atom is 0.258 e. The number of halogens is 1. The molecule has 5 nitrogen and oxygen atoms in total. The molecule has 1 unspecified atom stereocenters. The monoisotopic (exact) mass is 326 g/mol. The van der Waals surface area contributed by atoms with Crippen molar-refractivity contribution in [1.29, 1.82) is 0 Å². The maximum atomic E-state index is 11.7. The summed E-state index contributed by atoms with van der Waals surface area (Å²) in [5, 5.41) is 4.71. The summed E-state index contributed by atoms with van der Waals surface area (Å²) in [7, 11) is 0. The second kappa shape index (κ2) is 8.63. The van der Waals surface area contributed by atoms with Crippen molar-refractivity contribution >= 4 is 23.4 Å². The van der Waals surface area contributed by atoms with E-state index < -0.39 is 5.38 Å². The molecule has 2 N–H and O–H groups in total. The summed E-state index contributed by atoms with van der Waals surface area (Å²) in [6.45, 7) is 8.14. The van der Waals surface area contributed by atoms with Crippen molar-refractivity contribution in [2.75, 3.05) is 19.7 Å². The third kappa shape index (κ3) is 5.56. The lowest BCUT2D eigenvalue weighted by Gasteiger charge is -2.14. The van der Waals surface area contributed by atoms with Crippen molar-refractivity contribution in [3.8, 4) is 5.75 Å². The van der Waals surface area contributed by atoms with Gasteiger partial charge in [0.15, 0.2) is 6.61 Å². The van der Waals surface area contributed by atoms with Crippen LogP contribution in [-0.4, -0.2) is 36.9 Å². The first kappa shape index (κ1) is 18.3. The highest BCUT2D eigenvalue weighted by Gasteiger charge is 2.10. The number of amides is 2. The van der Waals surface area contributed by atoms with Crippen molar-refractivity contribution in [1.82, 2.24) is 10.6 Å². The van der Waals surface area contributed by atoms with E-state index in [1.807, 2.05) is 32.9 Å². The fraction of sp³-hybridized carbons (Fsp3) is 0.500. The van der Waals surface area contributed by atoms with Crippen molar-refractivity contribution < 1.29 is 14.3 Å². The van der Waals surface area contributed by atoms with Crippen LogP contribution in [0, 0.1) is 20.8 Å². The lowest BCUT2D eigenvalue weighted by Crippen LogP contribution is -2.38. The van der Waals surface area contributed by atoms with Crippen molar-refractivity contribution in [3.63, 3.8) is 0 Å². The molecule has 1 atom stereocenters. The number of aryl methyl sites for hydroxylation is 2. The van der Waals surface area contributed by atoms with Crippen LogP contribution in [0.15, 0.2) is 12.1 Å². The van der Waals surface area contributed by atoms with Gasteiger partial charge in [0, 0.05) is 13.1 Å². The number of benzene rings is 1. The van der Waals surface area contributed by atoms with Gasteiger partial charge in [0.2, 0.25) is 5.91 Å². The molecule has 1 aromatic carbocycles. The van der Waals surface area contributed by atoms with E-state index in [2.05, 4.69) is 10.6 Å². The average Bonchev–Trinajstić information content (AvgIpc) is 2.47. The third-order valence-corrected chi connectivity index (χ3v) is 3.53. The van der Waals surface area contributed by atoms with E-state index in [0.717, 1.165) is 22.4 Å². The Kier molecular flexibility index (Phi) is 7.18. The average molecular weight is 327 g/mol. The maximum absolute atomic E-state index is 11.7. The van der Waals surface area contributed by atoms with Gasteiger partial charge in [0.05, 0.1) is 0 Å². The molecule has 0 aliphatic heterocycles. The van der Waals surface area contributed by atoms with Crippen LogP contribution in [0.25, 0.3) is 0 Å². The Bertz CT molecular complexity index is 544. The largest absolute Gasteiger partial charge is 0.483 e. The fourth-order valence-electron chi connectivity index (χ4n) is 1.86. The topological polar surface area (TPSA) is 67.4 Å². The third-order valence-electron chi connectivity index (χ3n) is 3.33. The second-order valence-corrected chi connectivity index (χ2v) is 5.85. The van der Waals surface area contributed by atoms with Crippen LogP contribution >= 0.6 is 11.6 Å². The first-order valence-electron chi connectivity index (χ1n) is 7.21. The molecule has 0 bridgehead atoms. The van der Waals surface area contributed by atoms with Gasteiger partial charge < -0.3 is 15.4 Å². The molecule has 0 saturated carbocycles. The van der Waals surface area contributed by atoms with E-state index in [4.69, 9.17) is 16.3 Å². The highest BCUT2D eigenvalue weighted by molar-refractivity contribution is 6.30. The van der Waals surface area contributed by atoms with Gasteiger partial charge in [0.1, 0.15) is 11.1 Å². The number of ether oxygens (including phenoxy) is 1. The minimum absolute atomic E-state index is 0.0506. The molecule has 0 aliphatic carbocycles. The molecule has 22 heavy (non-hydrogen) atoms. The smallest absolute Gasteiger partial charge is 0.258 e. The quantitative estimate of drug-likeness (QED) is 0.593. The second-order valence-electron chi connectivity index (χ2n) is 5.20. The standard InChI is InChI=1S/C16H23ClN2O3/c1-10-5-6-11(2)15(12(10)3)22-9-14(20)18-7-8-19-16(21)13(4)17/h5-6,13H,7-9H2,1-4H3,(H,18,20)(H,19,21). The molecule has 0 saturated heterocycles. The van der Waals surface area contributed by atoms with Crippen molar-refractivity contribution in [2.24, 2.45) is 0 Å². The van der Waals surface area contributed by atoms with Gasteiger partial charge in [-0.1, -0.05) is 12.1 Å². The number of hydrogen-bond acceptors (Lipinski definition) is 3. The number of carbonyl (C=O) groups excluding carboxylic acids is 2. The SMILES string of the molecule is Cc1ccc(C)c(OCC(=O)NCCNC(=O)C(C)Cl)c1C. The van der Waals surface area contributed by atoms with Crippen LogP contribution in [0.4, 0.5) is 0 Å². The minimum atomic E-state index is -0.577. The first-order chi connectivity index (χ1) is 10.3. The zero-order chi connectivity index (χ0) is 16.7. The van der Waals surface area contributed by atoms with Gasteiger partial charge in [-0.3, -0.25) is 9.59 Å². The fourth-order valence-corrected chi connectivity index (χ4v) is 1.94. The zero-order valence-corrected chi connectivity index (χ0v) is 14.2. The highest BCUT2D eigenvalue weighted by atomic mass is 35.5. The molecule has 1 aromatic rings. The number of carbonyl (C=O) groups is 2. The van der Waals surface area contributed by atoms with Gasteiger partial charge in [-0.25, -0.2) is 0 Å². The van der Waals surface area contributed by atoms with Crippen LogP contribution in [0.1, 0.15) is 23.6 Å². The minimum Gasteiger partial charge on any atom is -0.483 e. The van der Waals surface area contributed by atoms with E-state index in [0.29, 0.717) is 13.1 Å². The van der Waals surface area contributed by atoms with Gasteiger partial charge in [-0.15, -0.1) is 11.6 Å². The number of nitrogens with one attached hydrogen (secondary N) is 2.